The molecule has 5 rings (SSSR count). The van der Waals surface area contributed by atoms with Gasteiger partial charge in [-0.2, -0.15) is 13.2 Å². The second-order valence-corrected chi connectivity index (χ2v) is 12.3. The summed E-state index contributed by atoms with van der Waals surface area (Å²) in [5.74, 6) is -1.02. The van der Waals surface area contributed by atoms with Crippen LogP contribution in [0.3, 0.4) is 0 Å². The highest BCUT2D eigenvalue weighted by Gasteiger charge is 2.42. The van der Waals surface area contributed by atoms with Crippen LogP contribution < -0.4 is 25.0 Å². The van der Waals surface area contributed by atoms with Crippen LogP contribution in [0, 0.1) is 0 Å². The van der Waals surface area contributed by atoms with Crippen molar-refractivity contribution in [2.45, 2.75) is 63.6 Å². The van der Waals surface area contributed by atoms with E-state index in [4.69, 9.17) is 25.8 Å². The second kappa shape index (κ2) is 17.0. The molecule has 1 saturated carbocycles. The predicted octanol–water partition coefficient (Wildman–Crippen LogP) is 4.19. The number of nitrogens with one attached hydrogen (secondary N) is 2. The molecule has 0 unspecified atom stereocenters. The average molecular weight is 719 g/mol. The summed E-state index contributed by atoms with van der Waals surface area (Å²) in [6.45, 7) is 1.34. The van der Waals surface area contributed by atoms with Crippen molar-refractivity contribution >= 4 is 35.0 Å². The van der Waals surface area contributed by atoms with Crippen LogP contribution in [0.1, 0.15) is 42.4 Å². The second-order valence-electron chi connectivity index (χ2n) is 11.9. The van der Waals surface area contributed by atoms with Gasteiger partial charge < -0.3 is 29.7 Å². The van der Waals surface area contributed by atoms with Crippen LogP contribution in [-0.4, -0.2) is 84.3 Å². The number of carbonyl (C=O) groups is 3. The van der Waals surface area contributed by atoms with E-state index in [0.29, 0.717) is 48.1 Å². The minimum atomic E-state index is -4.61. The number of amides is 3. The number of rotatable bonds is 16. The van der Waals surface area contributed by atoms with Crippen LogP contribution >= 0.6 is 11.6 Å². The molecule has 12 nitrogen and oxygen atoms in total. The Kier molecular flexibility index (Phi) is 12.5. The minimum Gasteiger partial charge on any atom is -0.496 e. The van der Waals surface area contributed by atoms with E-state index in [0.717, 1.165) is 24.2 Å². The first kappa shape index (κ1) is 36.8. The molecule has 0 bridgehead atoms. The summed E-state index contributed by atoms with van der Waals surface area (Å²) >= 11 is 6.48. The van der Waals surface area contributed by atoms with Crippen LogP contribution in [0.25, 0.3) is 0 Å². The van der Waals surface area contributed by atoms with E-state index in [9.17, 15) is 27.6 Å². The Hall–Kier alpha value is -4.47. The Morgan fingerprint density at radius 1 is 1.10 bits per heavy atom. The van der Waals surface area contributed by atoms with E-state index < -0.39 is 24.5 Å². The molecule has 1 aliphatic heterocycles. The highest BCUT2D eigenvalue weighted by Crippen LogP contribution is 2.32. The molecule has 2 N–H and O–H groups in total. The number of nitrogens with zero attached hydrogens (tertiary/aromatic N) is 4. The number of hydrogen-bond acceptors (Lipinski definition) is 9. The fourth-order valence-electron chi connectivity index (χ4n) is 5.48. The van der Waals surface area contributed by atoms with Crippen LogP contribution in [0.15, 0.2) is 54.9 Å². The Bertz CT molecular complexity index is 1640. The van der Waals surface area contributed by atoms with E-state index >= 15 is 0 Å². The molecule has 3 amide bonds. The number of carbonyl (C=O) groups excluding carboxylic acids is 3. The van der Waals surface area contributed by atoms with E-state index in [1.54, 1.807) is 30.2 Å². The van der Waals surface area contributed by atoms with Gasteiger partial charge in [-0.05, 0) is 36.1 Å². The molecule has 0 spiro atoms. The molecule has 0 radical (unpaired) electrons. The number of aromatic nitrogens is 2. The summed E-state index contributed by atoms with van der Waals surface area (Å²) in [7, 11) is 1.61. The molecule has 50 heavy (non-hydrogen) atoms. The van der Waals surface area contributed by atoms with Crippen LogP contribution in [-0.2, 0) is 38.8 Å². The first-order chi connectivity index (χ1) is 24.0. The Labute approximate surface area is 292 Å². The van der Waals surface area contributed by atoms with E-state index in [-0.39, 0.29) is 50.0 Å². The third-order valence-electron chi connectivity index (χ3n) is 8.06. The quantitative estimate of drug-likeness (QED) is 0.209. The molecular formula is C34H38ClF3N6O6. The molecule has 2 heterocycles. The van der Waals surface area contributed by atoms with Gasteiger partial charge in [0.2, 0.25) is 17.7 Å². The topological polar surface area (TPSA) is 135 Å². The lowest BCUT2D eigenvalue weighted by atomic mass is 10.1. The third-order valence-corrected chi connectivity index (χ3v) is 8.43. The Morgan fingerprint density at radius 3 is 2.58 bits per heavy atom. The van der Waals surface area contributed by atoms with Crippen molar-refractivity contribution < 1.29 is 41.8 Å². The maximum atomic E-state index is 14.1. The molecule has 3 aromatic rings. The molecular weight excluding hydrogens is 681 g/mol. The van der Waals surface area contributed by atoms with Crippen LogP contribution in [0.5, 0.6) is 11.8 Å². The Balaban J connectivity index is 1.18. The highest BCUT2D eigenvalue weighted by atomic mass is 35.5. The van der Waals surface area contributed by atoms with Crippen LogP contribution in [0.2, 0.25) is 5.02 Å². The lowest BCUT2D eigenvalue weighted by Gasteiger charge is -2.38. The number of halogens is 4. The largest absolute Gasteiger partial charge is 0.496 e. The normalized spacial score (nSPS) is 16.2. The van der Waals surface area contributed by atoms with E-state index in [1.165, 1.54) is 17.3 Å². The van der Waals surface area contributed by atoms with Gasteiger partial charge in [0, 0.05) is 42.7 Å². The predicted molar refractivity (Wildman–Crippen MR) is 176 cm³/mol. The molecule has 2 aliphatic rings. The first-order valence-electron chi connectivity index (χ1n) is 16.1. The first-order valence-corrected chi connectivity index (χ1v) is 16.5. The summed E-state index contributed by atoms with van der Waals surface area (Å²) in [4.78, 5) is 50.5. The van der Waals surface area contributed by atoms with Gasteiger partial charge >= 0.3 is 12.2 Å². The van der Waals surface area contributed by atoms with Gasteiger partial charge in [-0.1, -0.05) is 41.9 Å². The molecule has 1 aromatic heterocycles. The monoisotopic (exact) mass is 718 g/mol. The SMILES string of the molecule is COc1ccccc1COCCCOc1ncc(N2C(=O)CNC[C@@H]2C(=O)N(Cc2cc(CNC(=O)CC(F)(F)F)ccc2Cl)C2CC2)cn1. The number of ether oxygens (including phenoxy) is 3. The molecule has 16 heteroatoms. The number of piperazine rings is 1. The van der Waals surface area contributed by atoms with Crippen molar-refractivity contribution in [1.82, 2.24) is 25.5 Å². The molecule has 1 saturated heterocycles. The number of para-hydroxylation sites is 1. The van der Waals surface area contributed by atoms with Gasteiger partial charge in [-0.3, -0.25) is 19.3 Å². The molecule has 2 aromatic carbocycles. The lowest BCUT2D eigenvalue weighted by Crippen LogP contribution is -2.61. The molecule has 2 fully saturated rings. The number of benzene rings is 2. The molecule has 1 atom stereocenters. The smallest absolute Gasteiger partial charge is 0.397 e. The number of hydrogen-bond donors (Lipinski definition) is 2. The van der Waals surface area contributed by atoms with Gasteiger partial charge in [-0.25, -0.2) is 9.97 Å². The average Bonchev–Trinajstić information content (AvgIpc) is 3.94. The van der Waals surface area contributed by atoms with Gasteiger partial charge in [0.15, 0.2) is 0 Å². The summed E-state index contributed by atoms with van der Waals surface area (Å²) < 4.78 is 54.4. The van der Waals surface area contributed by atoms with Crippen molar-refractivity contribution in [3.63, 3.8) is 0 Å². The number of methoxy groups -OCH3 is 1. The standard InChI is InChI=1S/C34H38ClF3N6O6/c1-48-29-6-3-2-5-23(29)21-49-11-4-12-50-33-41-16-26(17-42-33)44-28(18-39-19-31(44)46)32(47)43(25-8-9-25)20-24-13-22(7-10-27(24)35)15-40-30(45)14-34(36,37)38/h2-3,5-7,10,13,16-17,25,28,39H,4,8-9,11-12,14-15,18-21H2,1H3,(H,40,45)/t28-/m1/s1. The zero-order valence-corrected chi connectivity index (χ0v) is 28.1. The fraction of sp³-hybridized carbons (Fsp3) is 0.441. The summed E-state index contributed by atoms with van der Waals surface area (Å²) in [6, 6.07) is 11.6. The zero-order chi connectivity index (χ0) is 35.7. The lowest BCUT2D eigenvalue weighted by molar-refractivity contribution is -0.153. The molecule has 1 aliphatic carbocycles. The van der Waals surface area contributed by atoms with Gasteiger partial charge in [0.25, 0.3) is 0 Å². The molecule has 268 valence electrons. The van der Waals surface area contributed by atoms with Crippen LogP contribution in [0.4, 0.5) is 18.9 Å². The van der Waals surface area contributed by atoms with Gasteiger partial charge in [0.05, 0.1) is 51.6 Å². The summed E-state index contributed by atoms with van der Waals surface area (Å²) in [5, 5.41) is 5.63. The fourth-order valence-corrected chi connectivity index (χ4v) is 5.65. The van der Waals surface area contributed by atoms with Crippen molar-refractivity contribution in [3.8, 4) is 11.8 Å². The number of alkyl halides is 3. The summed E-state index contributed by atoms with van der Waals surface area (Å²) in [6.07, 6.45) is -1.18. The Morgan fingerprint density at radius 2 is 1.86 bits per heavy atom. The van der Waals surface area contributed by atoms with Crippen molar-refractivity contribution in [2.75, 3.05) is 38.3 Å². The maximum Gasteiger partial charge on any atom is 0.397 e. The number of anilines is 1. The van der Waals surface area contributed by atoms with Crippen molar-refractivity contribution in [3.05, 3.63) is 76.6 Å². The zero-order valence-electron chi connectivity index (χ0n) is 27.4. The summed E-state index contributed by atoms with van der Waals surface area (Å²) in [5.41, 5.74) is 2.37. The maximum absolute atomic E-state index is 14.1. The van der Waals surface area contributed by atoms with Gasteiger partial charge in [-0.15, -0.1) is 0 Å². The van der Waals surface area contributed by atoms with Crippen molar-refractivity contribution in [2.24, 2.45) is 0 Å². The van der Waals surface area contributed by atoms with Crippen molar-refractivity contribution in [1.29, 1.82) is 0 Å². The van der Waals surface area contributed by atoms with E-state index in [2.05, 4.69) is 20.6 Å². The third kappa shape index (κ3) is 10.3. The van der Waals surface area contributed by atoms with Gasteiger partial charge in [0.1, 0.15) is 18.2 Å². The van der Waals surface area contributed by atoms with E-state index in [1.807, 2.05) is 24.3 Å². The minimum absolute atomic E-state index is 0.0221. The highest BCUT2D eigenvalue weighted by molar-refractivity contribution is 6.31.